The Morgan fingerprint density at radius 3 is 2.37 bits per heavy atom. The van der Waals surface area contributed by atoms with Gasteiger partial charge in [-0.1, -0.05) is 12.1 Å². The molecule has 0 fully saturated rings. The molecule has 1 atom stereocenters. The van der Waals surface area contributed by atoms with Crippen LogP contribution in [-0.4, -0.2) is 34.0 Å². The van der Waals surface area contributed by atoms with Gasteiger partial charge in [0.25, 0.3) is 0 Å². The molecular formula is C12H19N3O3S. The van der Waals surface area contributed by atoms with Gasteiger partial charge in [-0.15, -0.1) is 0 Å². The van der Waals surface area contributed by atoms with E-state index in [1.807, 2.05) is 0 Å². The second-order valence-corrected chi connectivity index (χ2v) is 5.85. The van der Waals surface area contributed by atoms with E-state index < -0.39 is 16.1 Å². The first-order chi connectivity index (χ1) is 8.90. The molecule has 1 aromatic carbocycles. The number of hydrogen-bond acceptors (Lipinski definition) is 4. The fourth-order valence-corrected chi connectivity index (χ4v) is 2.78. The SMILES string of the molecule is CNC(=O)C(C)NS(=O)(=O)c1ccc(CCN)cc1. The molecule has 0 aliphatic heterocycles. The molecule has 0 radical (unpaired) electrons. The summed E-state index contributed by atoms with van der Waals surface area (Å²) in [7, 11) is -2.24. The third-order valence-corrected chi connectivity index (χ3v) is 4.19. The van der Waals surface area contributed by atoms with E-state index in [1.165, 1.54) is 26.1 Å². The van der Waals surface area contributed by atoms with Crippen LogP contribution in [0.4, 0.5) is 0 Å². The van der Waals surface area contributed by atoms with Crippen molar-refractivity contribution < 1.29 is 13.2 Å². The van der Waals surface area contributed by atoms with Gasteiger partial charge in [0, 0.05) is 7.05 Å². The van der Waals surface area contributed by atoms with E-state index in [9.17, 15) is 13.2 Å². The molecule has 6 nitrogen and oxygen atoms in total. The van der Waals surface area contributed by atoms with Crippen molar-refractivity contribution in [2.75, 3.05) is 13.6 Å². The highest BCUT2D eigenvalue weighted by molar-refractivity contribution is 7.89. The number of nitrogens with two attached hydrogens (primary N) is 1. The third-order valence-electron chi connectivity index (χ3n) is 2.64. The predicted octanol–water partition coefficient (Wildman–Crippen LogP) is -0.399. The zero-order valence-corrected chi connectivity index (χ0v) is 11.8. The number of nitrogens with one attached hydrogen (secondary N) is 2. The quantitative estimate of drug-likeness (QED) is 0.662. The number of benzene rings is 1. The Balaban J connectivity index is 2.85. The fourth-order valence-electron chi connectivity index (χ4n) is 1.57. The van der Waals surface area contributed by atoms with Crippen molar-refractivity contribution in [1.82, 2.24) is 10.0 Å². The zero-order valence-electron chi connectivity index (χ0n) is 11.0. The van der Waals surface area contributed by atoms with Crippen LogP contribution < -0.4 is 15.8 Å². The van der Waals surface area contributed by atoms with Crippen molar-refractivity contribution >= 4 is 15.9 Å². The molecule has 1 aromatic rings. The van der Waals surface area contributed by atoms with Gasteiger partial charge in [-0.05, 0) is 37.6 Å². The molecular weight excluding hydrogens is 266 g/mol. The van der Waals surface area contributed by atoms with Crippen LogP contribution in [0.3, 0.4) is 0 Å². The van der Waals surface area contributed by atoms with Gasteiger partial charge in [0.1, 0.15) is 0 Å². The number of sulfonamides is 1. The van der Waals surface area contributed by atoms with E-state index >= 15 is 0 Å². The number of carbonyl (C=O) groups is 1. The molecule has 19 heavy (non-hydrogen) atoms. The summed E-state index contributed by atoms with van der Waals surface area (Å²) >= 11 is 0. The molecule has 0 heterocycles. The lowest BCUT2D eigenvalue weighted by Crippen LogP contribution is -2.43. The Morgan fingerprint density at radius 1 is 1.32 bits per heavy atom. The Kier molecular flexibility index (Phi) is 5.46. The minimum atomic E-state index is -3.69. The van der Waals surface area contributed by atoms with Crippen LogP contribution in [0.5, 0.6) is 0 Å². The monoisotopic (exact) mass is 285 g/mol. The average molecular weight is 285 g/mol. The van der Waals surface area contributed by atoms with Gasteiger partial charge in [-0.3, -0.25) is 4.79 Å². The zero-order chi connectivity index (χ0) is 14.5. The van der Waals surface area contributed by atoms with Gasteiger partial charge in [-0.25, -0.2) is 8.42 Å². The fraction of sp³-hybridized carbons (Fsp3) is 0.417. The lowest BCUT2D eigenvalue weighted by molar-refractivity contribution is -0.121. The summed E-state index contributed by atoms with van der Waals surface area (Å²) in [4.78, 5) is 11.4. The molecule has 7 heteroatoms. The highest BCUT2D eigenvalue weighted by Crippen LogP contribution is 2.11. The maximum absolute atomic E-state index is 12.0. The molecule has 1 amide bonds. The van der Waals surface area contributed by atoms with Crippen LogP contribution in [0.2, 0.25) is 0 Å². The third kappa shape index (κ3) is 4.30. The van der Waals surface area contributed by atoms with Crippen LogP contribution in [0.1, 0.15) is 12.5 Å². The largest absolute Gasteiger partial charge is 0.358 e. The van der Waals surface area contributed by atoms with Crippen LogP contribution in [0.15, 0.2) is 29.2 Å². The molecule has 1 rings (SSSR count). The number of hydrogen-bond donors (Lipinski definition) is 3. The summed E-state index contributed by atoms with van der Waals surface area (Å²) in [5, 5.41) is 2.38. The second-order valence-electron chi connectivity index (χ2n) is 4.14. The summed E-state index contributed by atoms with van der Waals surface area (Å²) in [6, 6.07) is 5.62. The standard InChI is InChI=1S/C12H19N3O3S/c1-9(12(16)14-2)15-19(17,18)11-5-3-10(4-6-11)7-8-13/h3-6,9,15H,7-8,13H2,1-2H3,(H,14,16). The van der Waals surface area contributed by atoms with Crippen LogP contribution in [-0.2, 0) is 21.2 Å². The molecule has 106 valence electrons. The van der Waals surface area contributed by atoms with E-state index in [2.05, 4.69) is 10.0 Å². The number of likely N-dealkylation sites (N-methyl/N-ethyl adjacent to an activating group) is 1. The summed E-state index contributed by atoms with van der Waals surface area (Å²) in [6.07, 6.45) is 0.697. The Hall–Kier alpha value is -1.44. The molecule has 4 N–H and O–H groups in total. The molecule has 0 spiro atoms. The van der Waals surface area contributed by atoms with E-state index in [-0.39, 0.29) is 10.8 Å². The van der Waals surface area contributed by atoms with E-state index in [1.54, 1.807) is 12.1 Å². The number of amides is 1. The number of rotatable bonds is 6. The van der Waals surface area contributed by atoms with Gasteiger partial charge >= 0.3 is 0 Å². The van der Waals surface area contributed by atoms with Gasteiger partial charge in [-0.2, -0.15) is 4.72 Å². The van der Waals surface area contributed by atoms with Gasteiger partial charge < -0.3 is 11.1 Å². The van der Waals surface area contributed by atoms with Crippen molar-refractivity contribution in [3.63, 3.8) is 0 Å². The van der Waals surface area contributed by atoms with Crippen molar-refractivity contribution in [1.29, 1.82) is 0 Å². The predicted molar refractivity (Wildman–Crippen MR) is 73.1 cm³/mol. The smallest absolute Gasteiger partial charge is 0.241 e. The first kappa shape index (κ1) is 15.6. The molecule has 1 unspecified atom stereocenters. The van der Waals surface area contributed by atoms with E-state index in [0.29, 0.717) is 13.0 Å². The second kappa shape index (κ2) is 6.65. The first-order valence-corrected chi connectivity index (χ1v) is 7.42. The summed E-state index contributed by atoms with van der Waals surface area (Å²) in [5.41, 5.74) is 6.40. The van der Waals surface area contributed by atoms with E-state index in [0.717, 1.165) is 5.56 Å². The Morgan fingerprint density at radius 2 is 1.89 bits per heavy atom. The summed E-state index contributed by atoms with van der Waals surface area (Å²) < 4.78 is 26.3. The highest BCUT2D eigenvalue weighted by Gasteiger charge is 2.20. The Bertz CT molecular complexity index is 526. The highest BCUT2D eigenvalue weighted by atomic mass is 32.2. The number of carbonyl (C=O) groups excluding carboxylic acids is 1. The molecule has 0 aliphatic carbocycles. The molecule has 0 aliphatic rings. The molecule has 0 bridgehead atoms. The van der Waals surface area contributed by atoms with Gasteiger partial charge in [0.2, 0.25) is 15.9 Å². The lowest BCUT2D eigenvalue weighted by atomic mass is 10.2. The first-order valence-electron chi connectivity index (χ1n) is 5.93. The van der Waals surface area contributed by atoms with E-state index in [4.69, 9.17) is 5.73 Å². The van der Waals surface area contributed by atoms with Crippen molar-refractivity contribution in [3.05, 3.63) is 29.8 Å². The van der Waals surface area contributed by atoms with Crippen molar-refractivity contribution in [2.24, 2.45) is 5.73 Å². The topological polar surface area (TPSA) is 101 Å². The summed E-state index contributed by atoms with van der Waals surface area (Å²) in [5.74, 6) is -0.386. The molecule has 0 saturated heterocycles. The Labute approximate surface area is 113 Å². The normalized spacial score (nSPS) is 13.0. The van der Waals surface area contributed by atoms with Crippen LogP contribution in [0.25, 0.3) is 0 Å². The maximum Gasteiger partial charge on any atom is 0.241 e. The van der Waals surface area contributed by atoms with Crippen LogP contribution >= 0.6 is 0 Å². The molecule has 0 aromatic heterocycles. The van der Waals surface area contributed by atoms with Crippen LogP contribution in [0, 0.1) is 0 Å². The van der Waals surface area contributed by atoms with Crippen molar-refractivity contribution in [3.8, 4) is 0 Å². The lowest BCUT2D eigenvalue weighted by Gasteiger charge is -2.13. The molecule has 0 saturated carbocycles. The minimum Gasteiger partial charge on any atom is -0.358 e. The average Bonchev–Trinajstić information content (AvgIpc) is 2.38. The van der Waals surface area contributed by atoms with Gasteiger partial charge in [0.05, 0.1) is 10.9 Å². The summed E-state index contributed by atoms with van der Waals surface area (Å²) in [6.45, 7) is 2.00. The van der Waals surface area contributed by atoms with Gasteiger partial charge in [0.15, 0.2) is 0 Å². The minimum absolute atomic E-state index is 0.129. The maximum atomic E-state index is 12.0. The van der Waals surface area contributed by atoms with Crippen molar-refractivity contribution in [2.45, 2.75) is 24.3 Å².